The van der Waals surface area contributed by atoms with E-state index < -0.39 is 0 Å². The molecule has 0 aliphatic heterocycles. The molecule has 0 saturated heterocycles. The summed E-state index contributed by atoms with van der Waals surface area (Å²) in [5, 5.41) is 3.58. The van der Waals surface area contributed by atoms with E-state index in [0.29, 0.717) is 0 Å². The smallest absolute Gasteiger partial charge is 0.0587 e. The Hall–Kier alpha value is -0.0800. The first kappa shape index (κ1) is 12.0. The molecule has 0 aromatic rings. The average molecular weight is 237 g/mol. The van der Waals surface area contributed by atoms with Crippen LogP contribution in [0.5, 0.6) is 0 Å². The highest BCUT2D eigenvalue weighted by Crippen LogP contribution is 2.70. The van der Waals surface area contributed by atoms with E-state index in [4.69, 9.17) is 4.74 Å². The van der Waals surface area contributed by atoms with Gasteiger partial charge in [0.1, 0.15) is 0 Å². The Labute approximate surface area is 105 Å². The van der Waals surface area contributed by atoms with Crippen molar-refractivity contribution in [3.05, 3.63) is 0 Å². The average Bonchev–Trinajstić information content (AvgIpc) is 2.82. The maximum Gasteiger partial charge on any atom is 0.0587 e. The van der Waals surface area contributed by atoms with Crippen LogP contribution in [0.2, 0.25) is 0 Å². The second kappa shape index (κ2) is 4.89. The molecule has 3 rings (SSSR count). The molecule has 0 heterocycles. The van der Waals surface area contributed by atoms with Crippen LogP contribution < -0.4 is 5.32 Å². The van der Waals surface area contributed by atoms with Gasteiger partial charge >= 0.3 is 0 Å². The van der Waals surface area contributed by atoms with Crippen LogP contribution in [0.4, 0.5) is 0 Å². The van der Waals surface area contributed by atoms with Gasteiger partial charge in [-0.05, 0) is 61.8 Å². The van der Waals surface area contributed by atoms with Gasteiger partial charge in [0.2, 0.25) is 0 Å². The molecule has 0 aromatic carbocycles. The van der Waals surface area contributed by atoms with Crippen molar-refractivity contribution in [2.45, 2.75) is 44.9 Å². The molecule has 1 N–H and O–H groups in total. The van der Waals surface area contributed by atoms with Crippen LogP contribution in [0.25, 0.3) is 0 Å². The quantitative estimate of drug-likeness (QED) is 0.688. The molecular weight excluding hydrogens is 210 g/mol. The number of nitrogens with one attached hydrogen (secondary N) is 1. The summed E-state index contributed by atoms with van der Waals surface area (Å²) in [4.78, 5) is 0. The fourth-order valence-corrected chi connectivity index (χ4v) is 4.31. The third-order valence-electron chi connectivity index (χ3n) is 5.80. The molecule has 1 unspecified atom stereocenters. The van der Waals surface area contributed by atoms with Crippen molar-refractivity contribution in [1.82, 2.24) is 5.32 Å². The van der Waals surface area contributed by atoms with E-state index >= 15 is 0 Å². The molecule has 3 saturated carbocycles. The molecule has 2 nitrogen and oxygen atoms in total. The third kappa shape index (κ3) is 2.04. The maximum atomic E-state index is 5.09. The lowest BCUT2D eigenvalue weighted by molar-refractivity contribution is 0.0558. The van der Waals surface area contributed by atoms with E-state index in [-0.39, 0.29) is 0 Å². The molecule has 3 fully saturated rings. The molecule has 98 valence electrons. The van der Waals surface area contributed by atoms with Crippen molar-refractivity contribution in [3.8, 4) is 0 Å². The van der Waals surface area contributed by atoms with Gasteiger partial charge in [-0.1, -0.05) is 12.8 Å². The van der Waals surface area contributed by atoms with Gasteiger partial charge in [-0.2, -0.15) is 0 Å². The molecular formula is C15H27NO. The van der Waals surface area contributed by atoms with Crippen molar-refractivity contribution in [2.24, 2.45) is 23.2 Å². The van der Waals surface area contributed by atoms with E-state index in [1.807, 2.05) is 0 Å². The van der Waals surface area contributed by atoms with E-state index in [1.54, 1.807) is 7.11 Å². The minimum absolute atomic E-state index is 0.802. The van der Waals surface area contributed by atoms with Crippen LogP contribution in [0.15, 0.2) is 0 Å². The Morgan fingerprint density at radius 2 is 1.76 bits per heavy atom. The van der Waals surface area contributed by atoms with Gasteiger partial charge in [-0.25, -0.2) is 0 Å². The summed E-state index contributed by atoms with van der Waals surface area (Å²) in [6.07, 6.45) is 10.7. The first-order valence-corrected chi connectivity index (χ1v) is 7.57. The normalized spacial score (nSPS) is 31.9. The first-order valence-electron chi connectivity index (χ1n) is 7.57. The van der Waals surface area contributed by atoms with Gasteiger partial charge in [0, 0.05) is 13.7 Å². The first-order chi connectivity index (χ1) is 8.38. The minimum atomic E-state index is 0.802. The van der Waals surface area contributed by atoms with Gasteiger partial charge in [0.25, 0.3) is 0 Å². The monoisotopic (exact) mass is 237 g/mol. The van der Waals surface area contributed by atoms with Crippen LogP contribution in [0.3, 0.4) is 0 Å². The molecule has 1 atom stereocenters. The number of rotatable bonds is 7. The highest BCUT2D eigenvalue weighted by Gasteiger charge is 2.63. The SMILES string of the molecule is COCCNCC1CC1(C1CCC1)C1CCC1. The number of hydrogen-bond acceptors (Lipinski definition) is 2. The van der Waals surface area contributed by atoms with Crippen LogP contribution in [0.1, 0.15) is 44.9 Å². The zero-order chi connectivity index (χ0) is 11.7. The van der Waals surface area contributed by atoms with Gasteiger partial charge in [0.15, 0.2) is 0 Å². The molecule has 0 bridgehead atoms. The summed E-state index contributed by atoms with van der Waals surface area (Å²) in [5.74, 6) is 3.19. The molecule has 17 heavy (non-hydrogen) atoms. The molecule has 2 heteroatoms. The Bertz CT molecular complexity index is 244. The summed E-state index contributed by atoms with van der Waals surface area (Å²) < 4.78 is 5.09. The van der Waals surface area contributed by atoms with Gasteiger partial charge in [-0.3, -0.25) is 0 Å². The van der Waals surface area contributed by atoms with E-state index in [1.165, 1.54) is 51.5 Å². The Morgan fingerprint density at radius 3 is 2.24 bits per heavy atom. The Morgan fingerprint density at radius 1 is 1.12 bits per heavy atom. The predicted molar refractivity (Wildman–Crippen MR) is 70.0 cm³/mol. The summed E-state index contributed by atoms with van der Waals surface area (Å²) >= 11 is 0. The second-order valence-corrected chi connectivity index (χ2v) is 6.47. The second-order valence-electron chi connectivity index (χ2n) is 6.47. The standard InChI is InChI=1S/C15H27NO/c1-17-9-8-16-11-14-10-15(14,12-4-2-5-12)13-6-3-7-13/h12-14,16H,2-11H2,1H3. The number of hydrogen-bond donors (Lipinski definition) is 1. The summed E-state index contributed by atoms with van der Waals surface area (Å²) in [5.41, 5.74) is 0.802. The van der Waals surface area contributed by atoms with Gasteiger partial charge in [-0.15, -0.1) is 0 Å². The van der Waals surface area contributed by atoms with Crippen LogP contribution >= 0.6 is 0 Å². The van der Waals surface area contributed by atoms with Crippen molar-refractivity contribution < 1.29 is 4.74 Å². The lowest BCUT2D eigenvalue weighted by Crippen LogP contribution is -2.37. The number of ether oxygens (including phenoxy) is 1. The van der Waals surface area contributed by atoms with Crippen LogP contribution in [-0.2, 0) is 4.74 Å². The van der Waals surface area contributed by atoms with Gasteiger partial charge < -0.3 is 10.1 Å². The van der Waals surface area contributed by atoms with Crippen molar-refractivity contribution >= 4 is 0 Å². The largest absolute Gasteiger partial charge is 0.383 e. The number of methoxy groups -OCH3 is 1. The summed E-state index contributed by atoms with van der Waals surface area (Å²) in [7, 11) is 1.78. The zero-order valence-corrected chi connectivity index (χ0v) is 11.2. The van der Waals surface area contributed by atoms with E-state index in [9.17, 15) is 0 Å². The van der Waals surface area contributed by atoms with Crippen LogP contribution in [-0.4, -0.2) is 26.8 Å². The third-order valence-corrected chi connectivity index (χ3v) is 5.80. The summed E-state index contributed by atoms with van der Waals surface area (Å²) in [6.45, 7) is 3.13. The van der Waals surface area contributed by atoms with Crippen molar-refractivity contribution in [2.75, 3.05) is 26.8 Å². The zero-order valence-electron chi connectivity index (χ0n) is 11.2. The minimum Gasteiger partial charge on any atom is -0.383 e. The molecule has 0 radical (unpaired) electrons. The molecule has 3 aliphatic carbocycles. The fourth-order valence-electron chi connectivity index (χ4n) is 4.31. The topological polar surface area (TPSA) is 21.3 Å². The molecule has 0 amide bonds. The molecule has 0 spiro atoms. The van der Waals surface area contributed by atoms with Crippen LogP contribution in [0, 0.1) is 23.2 Å². The predicted octanol–water partition coefficient (Wildman–Crippen LogP) is 2.83. The molecule has 3 aliphatic rings. The van der Waals surface area contributed by atoms with E-state index in [2.05, 4.69) is 5.32 Å². The Balaban J connectivity index is 1.49. The van der Waals surface area contributed by atoms with Crippen molar-refractivity contribution in [1.29, 1.82) is 0 Å². The lowest BCUT2D eigenvalue weighted by atomic mass is 9.61. The summed E-state index contributed by atoms with van der Waals surface area (Å²) in [6, 6.07) is 0. The van der Waals surface area contributed by atoms with E-state index in [0.717, 1.165) is 36.3 Å². The highest BCUT2D eigenvalue weighted by molar-refractivity contribution is 5.13. The maximum absolute atomic E-state index is 5.09. The highest BCUT2D eigenvalue weighted by atomic mass is 16.5. The molecule has 0 aromatic heterocycles. The lowest BCUT2D eigenvalue weighted by Gasteiger charge is -2.44. The van der Waals surface area contributed by atoms with Gasteiger partial charge in [0.05, 0.1) is 6.61 Å². The fraction of sp³-hybridized carbons (Fsp3) is 1.00. The van der Waals surface area contributed by atoms with Crippen molar-refractivity contribution in [3.63, 3.8) is 0 Å². The Kier molecular flexibility index (Phi) is 3.45.